The molecule has 1 aliphatic heterocycles. The van der Waals surface area contributed by atoms with Crippen LogP contribution in [0.3, 0.4) is 0 Å². The normalized spacial score (nSPS) is 21.2. The fourth-order valence-electron chi connectivity index (χ4n) is 2.25. The number of pyridine rings is 1. The van der Waals surface area contributed by atoms with E-state index in [-0.39, 0.29) is 11.2 Å². The Bertz CT molecular complexity index is 620. The molecule has 0 radical (unpaired) electrons. The lowest BCUT2D eigenvalue weighted by Gasteiger charge is -2.32. The van der Waals surface area contributed by atoms with Gasteiger partial charge in [-0.2, -0.15) is 0 Å². The summed E-state index contributed by atoms with van der Waals surface area (Å²) < 4.78 is 12.1. The molecule has 2 aromatic rings. The standard InChI is InChI=1S/C13H18BN3O2/c1-12(2)13(3,4)19-14(18-12)9-7-10(15)17-11-8(9)5-6-16-11/h5-7H,1-4H3,(H3,15,16,17). The van der Waals surface area contributed by atoms with Crippen LogP contribution in [0, 0.1) is 0 Å². The van der Waals surface area contributed by atoms with E-state index in [1.165, 1.54) is 0 Å². The van der Waals surface area contributed by atoms with Crippen LogP contribution in [0.1, 0.15) is 27.7 Å². The molecular formula is C13H18BN3O2. The second kappa shape index (κ2) is 3.74. The van der Waals surface area contributed by atoms with Crippen LogP contribution < -0.4 is 11.2 Å². The number of nitrogens with zero attached hydrogens (tertiary/aromatic N) is 1. The predicted octanol–water partition coefficient (Wildman–Crippen LogP) is 1.44. The molecule has 6 heteroatoms. The summed E-state index contributed by atoms with van der Waals surface area (Å²) in [4.78, 5) is 7.31. The van der Waals surface area contributed by atoms with Gasteiger partial charge in [-0.05, 0) is 45.3 Å². The number of nitrogens with one attached hydrogen (secondary N) is 1. The van der Waals surface area contributed by atoms with Gasteiger partial charge in [0.05, 0.1) is 11.2 Å². The van der Waals surface area contributed by atoms with Gasteiger partial charge in [0, 0.05) is 11.6 Å². The Balaban J connectivity index is 2.09. The van der Waals surface area contributed by atoms with Crippen molar-refractivity contribution in [2.75, 3.05) is 5.73 Å². The van der Waals surface area contributed by atoms with Gasteiger partial charge in [-0.15, -0.1) is 0 Å². The lowest BCUT2D eigenvalue weighted by Crippen LogP contribution is -2.41. The molecule has 3 rings (SSSR count). The first kappa shape index (κ1) is 12.5. The molecule has 0 spiro atoms. The van der Waals surface area contributed by atoms with E-state index in [4.69, 9.17) is 15.0 Å². The van der Waals surface area contributed by atoms with Crippen LogP contribution in [-0.2, 0) is 9.31 Å². The van der Waals surface area contributed by atoms with Gasteiger partial charge in [-0.3, -0.25) is 0 Å². The maximum Gasteiger partial charge on any atom is 0.495 e. The number of hydrogen-bond donors (Lipinski definition) is 2. The van der Waals surface area contributed by atoms with Crippen molar-refractivity contribution in [3.8, 4) is 0 Å². The minimum Gasteiger partial charge on any atom is -0.399 e. The highest BCUT2D eigenvalue weighted by Crippen LogP contribution is 2.37. The number of fused-ring (bicyclic) bond motifs is 1. The number of H-pyrrole nitrogens is 1. The number of aromatic amines is 1. The summed E-state index contributed by atoms with van der Waals surface area (Å²) in [5.41, 5.74) is 6.79. The fourth-order valence-corrected chi connectivity index (χ4v) is 2.25. The molecule has 0 atom stereocenters. The zero-order chi connectivity index (χ0) is 13.8. The molecule has 100 valence electrons. The van der Waals surface area contributed by atoms with Crippen molar-refractivity contribution in [3.05, 3.63) is 18.3 Å². The highest BCUT2D eigenvalue weighted by atomic mass is 16.7. The van der Waals surface area contributed by atoms with Crippen LogP contribution in [0.25, 0.3) is 11.0 Å². The molecule has 0 aromatic carbocycles. The molecule has 0 bridgehead atoms. The van der Waals surface area contributed by atoms with Crippen LogP contribution in [0.4, 0.5) is 5.82 Å². The highest BCUT2D eigenvalue weighted by molar-refractivity contribution is 6.65. The molecule has 5 nitrogen and oxygen atoms in total. The van der Waals surface area contributed by atoms with Gasteiger partial charge in [0.1, 0.15) is 11.5 Å². The smallest absolute Gasteiger partial charge is 0.399 e. The van der Waals surface area contributed by atoms with E-state index >= 15 is 0 Å². The van der Waals surface area contributed by atoms with Crippen molar-refractivity contribution >= 4 is 29.4 Å². The Morgan fingerprint density at radius 3 is 2.47 bits per heavy atom. The molecule has 3 N–H and O–H groups in total. The van der Waals surface area contributed by atoms with Gasteiger partial charge in [0.2, 0.25) is 0 Å². The molecule has 0 saturated carbocycles. The largest absolute Gasteiger partial charge is 0.495 e. The average Bonchev–Trinajstić information content (AvgIpc) is 2.80. The summed E-state index contributed by atoms with van der Waals surface area (Å²) >= 11 is 0. The van der Waals surface area contributed by atoms with Crippen LogP contribution >= 0.6 is 0 Å². The summed E-state index contributed by atoms with van der Waals surface area (Å²) in [6.45, 7) is 8.13. The van der Waals surface area contributed by atoms with Gasteiger partial charge in [-0.1, -0.05) is 0 Å². The first-order chi connectivity index (χ1) is 8.80. The number of nitrogens with two attached hydrogens (primary N) is 1. The van der Waals surface area contributed by atoms with E-state index in [0.717, 1.165) is 16.5 Å². The van der Waals surface area contributed by atoms with E-state index in [1.54, 1.807) is 0 Å². The number of rotatable bonds is 1. The van der Waals surface area contributed by atoms with Crippen molar-refractivity contribution in [1.29, 1.82) is 0 Å². The van der Waals surface area contributed by atoms with Gasteiger partial charge < -0.3 is 20.0 Å². The van der Waals surface area contributed by atoms with Crippen LogP contribution in [0.5, 0.6) is 0 Å². The third kappa shape index (κ3) is 1.83. The quantitative estimate of drug-likeness (QED) is 0.760. The maximum atomic E-state index is 6.06. The second-order valence-electron chi connectivity index (χ2n) is 5.96. The molecule has 1 saturated heterocycles. The fraction of sp³-hybridized carbons (Fsp3) is 0.462. The lowest BCUT2D eigenvalue weighted by molar-refractivity contribution is 0.00578. The van der Waals surface area contributed by atoms with Crippen molar-refractivity contribution < 1.29 is 9.31 Å². The molecular weight excluding hydrogens is 241 g/mol. The van der Waals surface area contributed by atoms with Crippen LogP contribution in [0.2, 0.25) is 0 Å². The molecule has 1 fully saturated rings. The zero-order valence-corrected chi connectivity index (χ0v) is 11.7. The zero-order valence-electron chi connectivity index (χ0n) is 11.7. The minimum absolute atomic E-state index is 0.363. The highest BCUT2D eigenvalue weighted by Gasteiger charge is 2.52. The third-order valence-electron chi connectivity index (χ3n) is 4.09. The van der Waals surface area contributed by atoms with E-state index < -0.39 is 7.12 Å². The first-order valence-electron chi connectivity index (χ1n) is 6.39. The Labute approximate surface area is 112 Å². The molecule has 2 aromatic heterocycles. The topological polar surface area (TPSA) is 73.2 Å². The van der Waals surface area contributed by atoms with Crippen molar-refractivity contribution in [1.82, 2.24) is 9.97 Å². The van der Waals surface area contributed by atoms with Crippen molar-refractivity contribution in [2.24, 2.45) is 0 Å². The predicted molar refractivity (Wildman–Crippen MR) is 76.2 cm³/mol. The summed E-state index contributed by atoms with van der Waals surface area (Å²) in [5, 5.41) is 0.979. The van der Waals surface area contributed by atoms with Crippen LogP contribution in [-0.4, -0.2) is 28.3 Å². The van der Waals surface area contributed by atoms with E-state index in [2.05, 4.69) is 9.97 Å². The van der Waals surface area contributed by atoms with Gasteiger partial charge in [0.25, 0.3) is 0 Å². The Morgan fingerprint density at radius 2 is 1.84 bits per heavy atom. The molecule has 1 aliphatic rings. The Hall–Kier alpha value is -1.53. The summed E-state index contributed by atoms with van der Waals surface area (Å²) in [7, 11) is -0.423. The first-order valence-corrected chi connectivity index (χ1v) is 6.39. The van der Waals surface area contributed by atoms with E-state index in [1.807, 2.05) is 46.0 Å². The SMILES string of the molecule is CC1(C)OB(c2cc(N)nc3[nH]ccc23)OC1(C)C. The minimum atomic E-state index is -0.423. The number of hydrogen-bond acceptors (Lipinski definition) is 4. The number of anilines is 1. The Kier molecular flexibility index (Phi) is 2.46. The number of nitrogen functional groups attached to an aromatic ring is 1. The summed E-state index contributed by atoms with van der Waals surface area (Å²) in [5.74, 6) is 0.458. The average molecular weight is 259 g/mol. The summed E-state index contributed by atoms with van der Waals surface area (Å²) in [6, 6.07) is 3.78. The lowest BCUT2D eigenvalue weighted by atomic mass is 9.77. The van der Waals surface area contributed by atoms with Crippen molar-refractivity contribution in [2.45, 2.75) is 38.9 Å². The number of aromatic nitrogens is 2. The monoisotopic (exact) mass is 259 g/mol. The van der Waals surface area contributed by atoms with Crippen molar-refractivity contribution in [3.63, 3.8) is 0 Å². The van der Waals surface area contributed by atoms with E-state index in [0.29, 0.717) is 5.82 Å². The third-order valence-corrected chi connectivity index (χ3v) is 4.09. The van der Waals surface area contributed by atoms with Gasteiger partial charge in [-0.25, -0.2) is 4.98 Å². The Morgan fingerprint density at radius 1 is 1.21 bits per heavy atom. The molecule has 0 aliphatic carbocycles. The second-order valence-corrected chi connectivity index (χ2v) is 5.96. The summed E-state index contributed by atoms with van der Waals surface area (Å²) in [6.07, 6.45) is 1.84. The molecule has 0 unspecified atom stereocenters. The molecule has 0 amide bonds. The maximum absolute atomic E-state index is 6.06. The van der Waals surface area contributed by atoms with Gasteiger partial charge >= 0.3 is 7.12 Å². The van der Waals surface area contributed by atoms with Crippen LogP contribution in [0.15, 0.2) is 18.3 Å². The molecule has 19 heavy (non-hydrogen) atoms. The van der Waals surface area contributed by atoms with E-state index in [9.17, 15) is 0 Å². The van der Waals surface area contributed by atoms with Gasteiger partial charge in [0.15, 0.2) is 0 Å². The molecule has 3 heterocycles.